The first-order valence-corrected chi connectivity index (χ1v) is 7.00. The molecule has 1 rings (SSSR count). The highest BCUT2D eigenvalue weighted by atomic mass is 79.9. The summed E-state index contributed by atoms with van der Waals surface area (Å²) in [4.78, 5) is 0.113. The second-order valence-electron chi connectivity index (χ2n) is 4.44. The molecule has 0 amide bonds. The maximum absolute atomic E-state index is 13.5. The SMILES string of the molecule is F[C@H]1CCCCCCCCCC[C@@H]1Br. The van der Waals surface area contributed by atoms with Crippen LogP contribution >= 0.6 is 15.9 Å². The van der Waals surface area contributed by atoms with E-state index < -0.39 is 6.17 Å². The highest BCUT2D eigenvalue weighted by Gasteiger charge is 2.17. The molecule has 1 saturated carbocycles. The highest BCUT2D eigenvalue weighted by Crippen LogP contribution is 2.23. The fraction of sp³-hybridized carbons (Fsp3) is 1.00. The van der Waals surface area contributed by atoms with E-state index in [1.54, 1.807) is 0 Å². The predicted octanol–water partition coefficient (Wildman–Crippen LogP) is 5.00. The van der Waals surface area contributed by atoms with Gasteiger partial charge in [0.2, 0.25) is 0 Å². The van der Waals surface area contributed by atoms with Crippen LogP contribution in [0.15, 0.2) is 0 Å². The molecule has 0 radical (unpaired) electrons. The summed E-state index contributed by atoms with van der Waals surface area (Å²) in [6.45, 7) is 0. The van der Waals surface area contributed by atoms with E-state index in [0.29, 0.717) is 0 Å². The number of rotatable bonds is 0. The van der Waals surface area contributed by atoms with Crippen LogP contribution in [-0.2, 0) is 0 Å². The Kier molecular flexibility index (Phi) is 6.84. The van der Waals surface area contributed by atoms with Crippen molar-refractivity contribution in [3.8, 4) is 0 Å². The van der Waals surface area contributed by atoms with E-state index in [1.807, 2.05) is 0 Å². The first-order chi connectivity index (χ1) is 6.80. The van der Waals surface area contributed by atoms with Crippen molar-refractivity contribution in [2.45, 2.75) is 75.2 Å². The van der Waals surface area contributed by atoms with Crippen molar-refractivity contribution in [2.75, 3.05) is 0 Å². The Labute approximate surface area is 95.8 Å². The highest BCUT2D eigenvalue weighted by molar-refractivity contribution is 9.09. The molecule has 0 N–H and O–H groups in total. The predicted molar refractivity (Wildman–Crippen MR) is 63.8 cm³/mol. The monoisotopic (exact) mass is 264 g/mol. The lowest BCUT2D eigenvalue weighted by atomic mass is 10.0. The molecule has 1 aliphatic rings. The third-order valence-electron chi connectivity index (χ3n) is 3.10. The van der Waals surface area contributed by atoms with E-state index >= 15 is 0 Å². The summed E-state index contributed by atoms with van der Waals surface area (Å²) in [5, 5.41) is 0. The molecule has 2 heteroatoms. The Morgan fingerprint density at radius 1 is 0.714 bits per heavy atom. The zero-order valence-corrected chi connectivity index (χ0v) is 10.6. The number of hydrogen-bond acceptors (Lipinski definition) is 0. The molecular weight excluding hydrogens is 243 g/mol. The van der Waals surface area contributed by atoms with Crippen molar-refractivity contribution < 1.29 is 4.39 Å². The van der Waals surface area contributed by atoms with Gasteiger partial charge in [0.1, 0.15) is 6.17 Å². The average Bonchev–Trinajstić information content (AvgIpc) is 2.18. The summed E-state index contributed by atoms with van der Waals surface area (Å²) in [5.41, 5.74) is 0. The van der Waals surface area contributed by atoms with Crippen molar-refractivity contribution in [1.82, 2.24) is 0 Å². The Morgan fingerprint density at radius 3 is 1.71 bits per heavy atom. The molecule has 2 atom stereocenters. The molecule has 1 fully saturated rings. The van der Waals surface area contributed by atoms with E-state index in [2.05, 4.69) is 15.9 Å². The van der Waals surface area contributed by atoms with Gasteiger partial charge in [0, 0.05) is 4.83 Å². The molecule has 0 aliphatic heterocycles. The summed E-state index contributed by atoms with van der Waals surface area (Å²) < 4.78 is 13.5. The molecule has 0 unspecified atom stereocenters. The van der Waals surface area contributed by atoms with Crippen LogP contribution in [0.3, 0.4) is 0 Å². The maximum atomic E-state index is 13.5. The second-order valence-corrected chi connectivity index (χ2v) is 5.61. The van der Waals surface area contributed by atoms with Gasteiger partial charge in [0.05, 0.1) is 0 Å². The fourth-order valence-corrected chi connectivity index (χ4v) is 2.69. The summed E-state index contributed by atoms with van der Waals surface area (Å²) in [7, 11) is 0. The molecule has 0 aromatic heterocycles. The van der Waals surface area contributed by atoms with E-state index in [0.717, 1.165) is 19.3 Å². The van der Waals surface area contributed by atoms with Crippen molar-refractivity contribution in [2.24, 2.45) is 0 Å². The molecule has 0 heterocycles. The lowest BCUT2D eigenvalue weighted by Gasteiger charge is -2.15. The topological polar surface area (TPSA) is 0 Å². The summed E-state index contributed by atoms with van der Waals surface area (Å²) in [6.07, 6.45) is 11.3. The number of hydrogen-bond donors (Lipinski definition) is 0. The van der Waals surface area contributed by atoms with Crippen LogP contribution in [0.1, 0.15) is 64.2 Å². The summed E-state index contributed by atoms with van der Waals surface area (Å²) in [6, 6.07) is 0. The Bertz CT molecular complexity index is 122. The van der Waals surface area contributed by atoms with Gasteiger partial charge in [0.15, 0.2) is 0 Å². The van der Waals surface area contributed by atoms with Gasteiger partial charge in [-0.2, -0.15) is 0 Å². The normalized spacial score (nSPS) is 33.0. The van der Waals surface area contributed by atoms with Gasteiger partial charge < -0.3 is 0 Å². The minimum absolute atomic E-state index is 0.113. The lowest BCUT2D eigenvalue weighted by molar-refractivity contribution is 0.288. The molecule has 0 nitrogen and oxygen atoms in total. The largest absolute Gasteiger partial charge is 0.246 e. The van der Waals surface area contributed by atoms with Gasteiger partial charge in [-0.25, -0.2) is 4.39 Å². The van der Waals surface area contributed by atoms with Crippen molar-refractivity contribution in [3.63, 3.8) is 0 Å². The number of halogens is 2. The lowest BCUT2D eigenvalue weighted by Crippen LogP contribution is -2.15. The van der Waals surface area contributed by atoms with Gasteiger partial charge in [0.25, 0.3) is 0 Å². The quantitative estimate of drug-likeness (QED) is 0.540. The van der Waals surface area contributed by atoms with Gasteiger partial charge in [-0.3, -0.25) is 0 Å². The Balaban J connectivity index is 2.23. The first-order valence-electron chi connectivity index (χ1n) is 6.09. The van der Waals surface area contributed by atoms with E-state index in [4.69, 9.17) is 0 Å². The Morgan fingerprint density at radius 2 is 1.14 bits per heavy atom. The molecule has 0 spiro atoms. The zero-order valence-electron chi connectivity index (χ0n) is 8.98. The molecule has 0 bridgehead atoms. The van der Waals surface area contributed by atoms with E-state index in [-0.39, 0.29) is 4.83 Å². The van der Waals surface area contributed by atoms with Crippen LogP contribution in [0.25, 0.3) is 0 Å². The molecule has 84 valence electrons. The average molecular weight is 265 g/mol. The summed E-state index contributed by atoms with van der Waals surface area (Å²) in [5.74, 6) is 0. The van der Waals surface area contributed by atoms with Crippen molar-refractivity contribution >= 4 is 15.9 Å². The van der Waals surface area contributed by atoms with Crippen LogP contribution in [0.4, 0.5) is 4.39 Å². The standard InChI is InChI=1S/C12H22BrF/c13-11-9-7-5-3-1-2-4-6-8-10-12(11)14/h11-12H,1-10H2/t11-,12-/m0/s1. The van der Waals surface area contributed by atoms with Gasteiger partial charge in [-0.1, -0.05) is 67.3 Å². The number of alkyl halides is 2. The van der Waals surface area contributed by atoms with Crippen LogP contribution in [0, 0.1) is 0 Å². The zero-order chi connectivity index (χ0) is 10.2. The van der Waals surface area contributed by atoms with Crippen LogP contribution in [0.2, 0.25) is 0 Å². The minimum atomic E-state index is -0.616. The van der Waals surface area contributed by atoms with Crippen molar-refractivity contribution in [1.29, 1.82) is 0 Å². The van der Waals surface area contributed by atoms with Gasteiger partial charge in [-0.15, -0.1) is 0 Å². The molecule has 14 heavy (non-hydrogen) atoms. The fourth-order valence-electron chi connectivity index (χ4n) is 2.10. The minimum Gasteiger partial charge on any atom is -0.246 e. The molecule has 0 aromatic carbocycles. The molecule has 0 saturated heterocycles. The van der Waals surface area contributed by atoms with E-state index in [9.17, 15) is 4.39 Å². The third-order valence-corrected chi connectivity index (χ3v) is 4.13. The Hall–Kier alpha value is 0.410. The first kappa shape index (κ1) is 12.5. The van der Waals surface area contributed by atoms with Gasteiger partial charge >= 0.3 is 0 Å². The second kappa shape index (κ2) is 7.67. The molecule has 1 aliphatic carbocycles. The third kappa shape index (κ3) is 5.33. The van der Waals surface area contributed by atoms with Gasteiger partial charge in [-0.05, 0) is 12.8 Å². The van der Waals surface area contributed by atoms with Crippen LogP contribution in [0.5, 0.6) is 0 Å². The maximum Gasteiger partial charge on any atom is 0.113 e. The smallest absolute Gasteiger partial charge is 0.113 e. The van der Waals surface area contributed by atoms with Crippen LogP contribution < -0.4 is 0 Å². The summed E-state index contributed by atoms with van der Waals surface area (Å²) >= 11 is 3.47. The van der Waals surface area contributed by atoms with Crippen molar-refractivity contribution in [3.05, 3.63) is 0 Å². The van der Waals surface area contributed by atoms with Crippen LogP contribution in [-0.4, -0.2) is 11.0 Å². The molecular formula is C12H22BrF. The molecule has 0 aromatic rings. The van der Waals surface area contributed by atoms with E-state index in [1.165, 1.54) is 44.9 Å².